The number of aryl methyl sites for hydroxylation is 1. The summed E-state index contributed by atoms with van der Waals surface area (Å²) in [4.78, 5) is 25.8. The van der Waals surface area contributed by atoms with Gasteiger partial charge in [-0.2, -0.15) is 0 Å². The fourth-order valence-electron chi connectivity index (χ4n) is 2.00. The average molecular weight is 312 g/mol. The van der Waals surface area contributed by atoms with Crippen LogP contribution in [-0.4, -0.2) is 32.5 Å². The van der Waals surface area contributed by atoms with E-state index in [9.17, 15) is 9.59 Å². The van der Waals surface area contributed by atoms with Gasteiger partial charge in [-0.1, -0.05) is 18.2 Å². The lowest BCUT2D eigenvalue weighted by atomic mass is 10.2. The van der Waals surface area contributed by atoms with Gasteiger partial charge in [0.25, 0.3) is 5.91 Å². The van der Waals surface area contributed by atoms with Crippen LogP contribution in [0.2, 0.25) is 0 Å². The maximum absolute atomic E-state index is 12.0. The molecule has 5 nitrogen and oxygen atoms in total. The Morgan fingerprint density at radius 1 is 1.04 bits per heavy atom. The highest BCUT2D eigenvalue weighted by molar-refractivity contribution is 5.96. The molecular weight excluding hydrogens is 292 g/mol. The van der Waals surface area contributed by atoms with Gasteiger partial charge in [0.15, 0.2) is 0 Å². The Balaban J connectivity index is 1.88. The van der Waals surface area contributed by atoms with E-state index in [0.29, 0.717) is 11.3 Å². The highest BCUT2D eigenvalue weighted by Gasteiger charge is 2.10. The fraction of sp³-hybridized carbons (Fsp3) is 0.222. The summed E-state index contributed by atoms with van der Waals surface area (Å²) in [7, 11) is 3.85. The molecule has 0 saturated heterocycles. The van der Waals surface area contributed by atoms with Crippen LogP contribution in [0.1, 0.15) is 15.9 Å². The lowest BCUT2D eigenvalue weighted by Gasteiger charge is -2.12. The molecule has 0 spiro atoms. The number of hydrogen-bond acceptors (Lipinski definition) is 4. The van der Waals surface area contributed by atoms with Crippen LogP contribution in [0.4, 0.5) is 5.69 Å². The molecule has 120 valence electrons. The van der Waals surface area contributed by atoms with Crippen LogP contribution < -0.4 is 15.0 Å². The Morgan fingerprint density at radius 3 is 2.30 bits per heavy atom. The van der Waals surface area contributed by atoms with Crippen molar-refractivity contribution in [1.29, 1.82) is 0 Å². The summed E-state index contributed by atoms with van der Waals surface area (Å²) < 4.78 is 5.22. The first-order valence-corrected chi connectivity index (χ1v) is 7.29. The Kier molecular flexibility index (Phi) is 5.36. The maximum atomic E-state index is 12.0. The SMILES string of the molecule is Cc1ccccc1OC(=O)CNC(=O)c1ccc(N(C)C)cc1. The minimum absolute atomic E-state index is 0.178. The van der Waals surface area contributed by atoms with E-state index in [1.54, 1.807) is 24.3 Å². The highest BCUT2D eigenvalue weighted by atomic mass is 16.5. The molecule has 2 rings (SSSR count). The van der Waals surface area contributed by atoms with Crippen LogP contribution in [0.5, 0.6) is 5.75 Å². The van der Waals surface area contributed by atoms with Gasteiger partial charge < -0.3 is 15.0 Å². The maximum Gasteiger partial charge on any atom is 0.330 e. The van der Waals surface area contributed by atoms with Gasteiger partial charge in [-0.25, -0.2) is 4.79 Å². The molecule has 0 heterocycles. The van der Waals surface area contributed by atoms with Gasteiger partial charge in [-0.3, -0.25) is 4.79 Å². The first-order chi connectivity index (χ1) is 11.0. The number of para-hydroxylation sites is 1. The molecule has 2 aromatic carbocycles. The van der Waals surface area contributed by atoms with Crippen LogP contribution in [0.3, 0.4) is 0 Å². The standard InChI is InChI=1S/C18H20N2O3/c1-13-6-4-5-7-16(13)23-17(21)12-19-18(22)14-8-10-15(11-9-14)20(2)3/h4-11H,12H2,1-3H3,(H,19,22). The number of nitrogens with zero attached hydrogens (tertiary/aromatic N) is 1. The van der Waals surface area contributed by atoms with Gasteiger partial charge in [-0.05, 0) is 42.8 Å². The Bertz CT molecular complexity index is 694. The Morgan fingerprint density at radius 2 is 1.70 bits per heavy atom. The molecular formula is C18H20N2O3. The summed E-state index contributed by atoms with van der Waals surface area (Å²) in [6, 6.07) is 14.4. The van der Waals surface area contributed by atoms with E-state index in [1.807, 2.05) is 50.2 Å². The third-order valence-electron chi connectivity index (χ3n) is 3.36. The zero-order valence-electron chi connectivity index (χ0n) is 13.5. The van der Waals surface area contributed by atoms with Crippen LogP contribution in [-0.2, 0) is 4.79 Å². The summed E-state index contributed by atoms with van der Waals surface area (Å²) >= 11 is 0. The average Bonchev–Trinajstić information content (AvgIpc) is 2.55. The lowest BCUT2D eigenvalue weighted by Crippen LogP contribution is -2.32. The molecule has 0 aliphatic rings. The molecule has 0 saturated carbocycles. The number of benzene rings is 2. The number of rotatable bonds is 5. The summed E-state index contributed by atoms with van der Waals surface area (Å²) in [6.07, 6.45) is 0. The molecule has 23 heavy (non-hydrogen) atoms. The summed E-state index contributed by atoms with van der Waals surface area (Å²) in [6.45, 7) is 1.68. The molecule has 0 atom stereocenters. The minimum atomic E-state index is -0.502. The third kappa shape index (κ3) is 4.57. The predicted molar refractivity (Wildman–Crippen MR) is 89.9 cm³/mol. The van der Waals surface area contributed by atoms with Crippen molar-refractivity contribution < 1.29 is 14.3 Å². The number of carbonyl (C=O) groups excluding carboxylic acids is 2. The second-order valence-corrected chi connectivity index (χ2v) is 5.36. The summed E-state index contributed by atoms with van der Waals surface area (Å²) in [5.41, 5.74) is 2.37. The van der Waals surface area contributed by atoms with Crippen molar-refractivity contribution in [3.63, 3.8) is 0 Å². The molecule has 2 aromatic rings. The van der Waals surface area contributed by atoms with E-state index in [1.165, 1.54) is 0 Å². The van der Waals surface area contributed by atoms with Crippen LogP contribution in [0.15, 0.2) is 48.5 Å². The number of nitrogens with one attached hydrogen (secondary N) is 1. The van der Waals surface area contributed by atoms with Gasteiger partial charge in [-0.15, -0.1) is 0 Å². The molecule has 1 amide bonds. The first-order valence-electron chi connectivity index (χ1n) is 7.29. The molecule has 5 heteroatoms. The number of anilines is 1. The number of esters is 1. The molecule has 0 unspecified atom stereocenters. The minimum Gasteiger partial charge on any atom is -0.425 e. The summed E-state index contributed by atoms with van der Waals surface area (Å²) in [5.74, 6) is -0.309. The van der Waals surface area contributed by atoms with E-state index >= 15 is 0 Å². The van der Waals surface area contributed by atoms with Crippen LogP contribution in [0, 0.1) is 6.92 Å². The largest absolute Gasteiger partial charge is 0.425 e. The topological polar surface area (TPSA) is 58.6 Å². The van der Waals surface area contributed by atoms with Crippen LogP contribution in [0.25, 0.3) is 0 Å². The molecule has 0 fully saturated rings. The smallest absolute Gasteiger partial charge is 0.330 e. The van der Waals surface area contributed by atoms with E-state index in [0.717, 1.165) is 11.3 Å². The van der Waals surface area contributed by atoms with Gasteiger partial charge in [0, 0.05) is 25.3 Å². The second-order valence-electron chi connectivity index (χ2n) is 5.36. The van der Waals surface area contributed by atoms with E-state index < -0.39 is 5.97 Å². The zero-order chi connectivity index (χ0) is 16.8. The molecule has 1 N–H and O–H groups in total. The van der Waals surface area contributed by atoms with Crippen molar-refractivity contribution in [3.05, 3.63) is 59.7 Å². The Labute approximate surface area is 135 Å². The molecule has 0 aliphatic carbocycles. The van der Waals surface area contributed by atoms with Crippen molar-refractivity contribution in [1.82, 2.24) is 5.32 Å². The zero-order valence-corrected chi connectivity index (χ0v) is 13.5. The molecule has 0 aliphatic heterocycles. The van der Waals surface area contributed by atoms with E-state index in [2.05, 4.69) is 5.32 Å². The highest BCUT2D eigenvalue weighted by Crippen LogP contribution is 2.16. The molecule has 0 aromatic heterocycles. The van der Waals surface area contributed by atoms with Crippen molar-refractivity contribution >= 4 is 17.6 Å². The molecule has 0 bridgehead atoms. The van der Waals surface area contributed by atoms with Gasteiger partial charge >= 0.3 is 5.97 Å². The second kappa shape index (κ2) is 7.45. The van der Waals surface area contributed by atoms with Gasteiger partial charge in [0.05, 0.1) is 0 Å². The van der Waals surface area contributed by atoms with Crippen LogP contribution >= 0.6 is 0 Å². The number of amides is 1. The number of hydrogen-bond donors (Lipinski definition) is 1. The normalized spacial score (nSPS) is 10.0. The lowest BCUT2D eigenvalue weighted by molar-refractivity contribution is -0.133. The van der Waals surface area contributed by atoms with E-state index in [-0.39, 0.29) is 12.5 Å². The molecule has 0 radical (unpaired) electrons. The first kappa shape index (κ1) is 16.5. The quantitative estimate of drug-likeness (QED) is 0.680. The Hall–Kier alpha value is -2.82. The van der Waals surface area contributed by atoms with Crippen molar-refractivity contribution in [3.8, 4) is 5.75 Å². The predicted octanol–water partition coefficient (Wildman–Crippen LogP) is 2.40. The van der Waals surface area contributed by atoms with Gasteiger partial charge in [0.2, 0.25) is 0 Å². The number of ether oxygens (including phenoxy) is 1. The summed E-state index contributed by atoms with van der Waals surface area (Å²) in [5, 5.41) is 2.56. The van der Waals surface area contributed by atoms with Crippen molar-refractivity contribution in [2.75, 3.05) is 25.5 Å². The third-order valence-corrected chi connectivity index (χ3v) is 3.36. The van der Waals surface area contributed by atoms with Crippen molar-refractivity contribution in [2.45, 2.75) is 6.92 Å². The van der Waals surface area contributed by atoms with Gasteiger partial charge in [0.1, 0.15) is 12.3 Å². The fourth-order valence-corrected chi connectivity index (χ4v) is 2.00. The van der Waals surface area contributed by atoms with Crippen molar-refractivity contribution in [2.24, 2.45) is 0 Å². The monoisotopic (exact) mass is 312 g/mol. The van der Waals surface area contributed by atoms with E-state index in [4.69, 9.17) is 4.74 Å². The number of carbonyl (C=O) groups is 2.